The highest BCUT2D eigenvalue weighted by Crippen LogP contribution is 2.29. The number of aromatic nitrogens is 2. The first-order valence-corrected chi connectivity index (χ1v) is 9.18. The predicted octanol–water partition coefficient (Wildman–Crippen LogP) is 6.13. The molecule has 0 saturated carbocycles. The van der Waals surface area contributed by atoms with E-state index in [0.717, 1.165) is 27.9 Å². The van der Waals surface area contributed by atoms with Crippen molar-refractivity contribution in [1.82, 2.24) is 9.55 Å². The summed E-state index contributed by atoms with van der Waals surface area (Å²) in [6.07, 6.45) is 0. The summed E-state index contributed by atoms with van der Waals surface area (Å²) in [7, 11) is 0. The molecule has 4 rings (SSSR count). The van der Waals surface area contributed by atoms with Gasteiger partial charge in [-0.15, -0.1) is 0 Å². The number of rotatable bonds is 3. The van der Waals surface area contributed by atoms with Crippen molar-refractivity contribution in [1.29, 1.82) is 0 Å². The van der Waals surface area contributed by atoms with Crippen LogP contribution >= 0.6 is 15.9 Å². The Balaban J connectivity index is 1.92. The Morgan fingerprint density at radius 3 is 2.56 bits per heavy atom. The van der Waals surface area contributed by atoms with Crippen molar-refractivity contribution in [3.63, 3.8) is 0 Å². The number of aryl methyl sites for hydroxylation is 2. The van der Waals surface area contributed by atoms with E-state index >= 15 is 0 Å². The second kappa shape index (κ2) is 6.49. The molecule has 25 heavy (non-hydrogen) atoms. The van der Waals surface area contributed by atoms with Crippen LogP contribution in [0.15, 0.2) is 71.2 Å². The van der Waals surface area contributed by atoms with Gasteiger partial charge in [-0.3, -0.25) is 0 Å². The smallest absolute Gasteiger partial charge is 0.141 e. The summed E-state index contributed by atoms with van der Waals surface area (Å²) in [4.78, 5) is 4.94. The first-order valence-electron chi connectivity index (χ1n) is 8.39. The van der Waals surface area contributed by atoms with Crippen LogP contribution in [0.3, 0.4) is 0 Å². The third kappa shape index (κ3) is 3.12. The number of hydrogen-bond donors (Lipinski definition) is 0. The van der Waals surface area contributed by atoms with E-state index in [1.54, 1.807) is 0 Å². The van der Waals surface area contributed by atoms with Gasteiger partial charge in [0.1, 0.15) is 5.82 Å². The summed E-state index contributed by atoms with van der Waals surface area (Å²) in [5.41, 5.74) is 7.17. The van der Waals surface area contributed by atoms with Gasteiger partial charge in [0.05, 0.1) is 11.0 Å². The van der Waals surface area contributed by atoms with E-state index < -0.39 is 0 Å². The Kier molecular flexibility index (Phi) is 4.18. The molecule has 0 unspecified atom stereocenters. The van der Waals surface area contributed by atoms with E-state index in [9.17, 15) is 0 Å². The van der Waals surface area contributed by atoms with Crippen LogP contribution in [-0.2, 0) is 6.54 Å². The number of fused-ring (bicyclic) bond motifs is 1. The lowest BCUT2D eigenvalue weighted by atomic mass is 10.1. The summed E-state index contributed by atoms with van der Waals surface area (Å²) in [5, 5.41) is 0. The van der Waals surface area contributed by atoms with Crippen LogP contribution < -0.4 is 0 Å². The quantitative estimate of drug-likeness (QED) is 0.411. The van der Waals surface area contributed by atoms with E-state index in [1.807, 2.05) is 6.07 Å². The molecule has 0 saturated heterocycles. The van der Waals surface area contributed by atoms with Crippen molar-refractivity contribution in [2.45, 2.75) is 20.4 Å². The lowest BCUT2D eigenvalue weighted by Crippen LogP contribution is -2.03. The molecule has 0 radical (unpaired) electrons. The monoisotopic (exact) mass is 390 g/mol. The van der Waals surface area contributed by atoms with Crippen LogP contribution in [0.25, 0.3) is 22.4 Å². The van der Waals surface area contributed by atoms with E-state index in [4.69, 9.17) is 4.98 Å². The molecule has 1 heterocycles. The molecule has 124 valence electrons. The topological polar surface area (TPSA) is 17.8 Å². The highest BCUT2D eigenvalue weighted by molar-refractivity contribution is 9.10. The van der Waals surface area contributed by atoms with Gasteiger partial charge in [0.15, 0.2) is 0 Å². The van der Waals surface area contributed by atoms with Crippen LogP contribution in [0.1, 0.15) is 16.7 Å². The average molecular weight is 391 g/mol. The second-order valence-corrected chi connectivity index (χ2v) is 7.37. The van der Waals surface area contributed by atoms with E-state index in [1.165, 1.54) is 22.3 Å². The Bertz CT molecular complexity index is 1060. The zero-order valence-corrected chi connectivity index (χ0v) is 15.9. The minimum absolute atomic E-state index is 0.794. The summed E-state index contributed by atoms with van der Waals surface area (Å²) >= 11 is 3.57. The average Bonchev–Trinajstić information content (AvgIpc) is 2.93. The molecule has 3 heteroatoms. The molecule has 0 aliphatic rings. The van der Waals surface area contributed by atoms with Crippen molar-refractivity contribution in [2.75, 3.05) is 0 Å². The fourth-order valence-electron chi connectivity index (χ4n) is 3.32. The van der Waals surface area contributed by atoms with Gasteiger partial charge in [0.2, 0.25) is 0 Å². The van der Waals surface area contributed by atoms with Crippen LogP contribution in [0, 0.1) is 13.8 Å². The summed E-state index contributed by atoms with van der Waals surface area (Å²) in [6.45, 7) is 5.08. The van der Waals surface area contributed by atoms with Crippen molar-refractivity contribution in [2.24, 2.45) is 0 Å². The number of benzene rings is 3. The van der Waals surface area contributed by atoms with Crippen LogP contribution in [0.2, 0.25) is 0 Å². The minimum Gasteiger partial charge on any atom is -0.319 e. The van der Waals surface area contributed by atoms with Gasteiger partial charge in [0, 0.05) is 16.6 Å². The summed E-state index contributed by atoms with van der Waals surface area (Å²) in [6, 6.07) is 23.4. The molecule has 0 N–H and O–H groups in total. The molecule has 0 aliphatic heterocycles. The molecule has 0 bridgehead atoms. The van der Waals surface area contributed by atoms with Crippen LogP contribution in [-0.4, -0.2) is 9.55 Å². The molecular formula is C22H19BrN2. The largest absolute Gasteiger partial charge is 0.319 e. The Hall–Kier alpha value is -2.39. The summed E-state index contributed by atoms with van der Waals surface area (Å²) in [5.74, 6) is 1.03. The van der Waals surface area contributed by atoms with Crippen molar-refractivity contribution in [3.05, 3.63) is 87.9 Å². The van der Waals surface area contributed by atoms with Crippen LogP contribution in [0.5, 0.6) is 0 Å². The molecule has 3 aromatic carbocycles. The van der Waals surface area contributed by atoms with Gasteiger partial charge in [0.25, 0.3) is 0 Å². The molecule has 0 fully saturated rings. The predicted molar refractivity (Wildman–Crippen MR) is 108 cm³/mol. The normalized spacial score (nSPS) is 11.2. The molecule has 0 spiro atoms. The van der Waals surface area contributed by atoms with Gasteiger partial charge in [-0.2, -0.15) is 0 Å². The van der Waals surface area contributed by atoms with Crippen molar-refractivity contribution in [3.8, 4) is 11.4 Å². The number of nitrogens with zero attached hydrogens (tertiary/aromatic N) is 2. The zero-order valence-electron chi connectivity index (χ0n) is 14.3. The number of hydrogen-bond acceptors (Lipinski definition) is 1. The molecule has 1 aromatic heterocycles. The van der Waals surface area contributed by atoms with Gasteiger partial charge in [-0.05, 0) is 49.2 Å². The number of para-hydroxylation sites is 2. The molecule has 0 amide bonds. The summed E-state index contributed by atoms with van der Waals surface area (Å²) < 4.78 is 3.41. The van der Waals surface area contributed by atoms with Crippen molar-refractivity contribution >= 4 is 27.0 Å². The second-order valence-electron chi connectivity index (χ2n) is 6.46. The highest BCUT2D eigenvalue weighted by Gasteiger charge is 2.14. The van der Waals surface area contributed by atoms with E-state index in [0.29, 0.717) is 0 Å². The first kappa shape index (κ1) is 16.1. The molecule has 0 aliphatic carbocycles. The third-order valence-corrected chi connectivity index (χ3v) is 5.00. The highest BCUT2D eigenvalue weighted by atomic mass is 79.9. The Labute approximate surface area is 156 Å². The molecule has 2 nitrogen and oxygen atoms in total. The van der Waals surface area contributed by atoms with Gasteiger partial charge in [-0.1, -0.05) is 64.0 Å². The molecule has 4 aromatic rings. The fraction of sp³-hybridized carbons (Fsp3) is 0.136. The van der Waals surface area contributed by atoms with E-state index in [-0.39, 0.29) is 0 Å². The standard InChI is InChI=1S/C22H19BrN2/c1-15-10-11-19(16(2)12-15)22-24-20-8-3-4-9-21(20)25(22)14-17-6-5-7-18(23)13-17/h3-13H,14H2,1-2H3. The fourth-order valence-corrected chi connectivity index (χ4v) is 3.77. The first-order chi connectivity index (χ1) is 12.1. The van der Waals surface area contributed by atoms with E-state index in [2.05, 4.69) is 95.0 Å². The lowest BCUT2D eigenvalue weighted by Gasteiger charge is -2.12. The number of imidazole rings is 1. The van der Waals surface area contributed by atoms with Crippen molar-refractivity contribution < 1.29 is 0 Å². The maximum absolute atomic E-state index is 4.94. The maximum Gasteiger partial charge on any atom is 0.141 e. The Morgan fingerprint density at radius 2 is 1.76 bits per heavy atom. The zero-order chi connectivity index (χ0) is 17.4. The molecule has 0 atom stereocenters. The third-order valence-electron chi connectivity index (χ3n) is 4.51. The van der Waals surface area contributed by atoms with Gasteiger partial charge in [-0.25, -0.2) is 4.98 Å². The lowest BCUT2D eigenvalue weighted by molar-refractivity contribution is 0.833. The SMILES string of the molecule is Cc1ccc(-c2nc3ccccc3n2Cc2cccc(Br)c2)c(C)c1. The van der Waals surface area contributed by atoms with Gasteiger partial charge < -0.3 is 4.57 Å². The minimum atomic E-state index is 0.794. The Morgan fingerprint density at radius 1 is 0.920 bits per heavy atom. The van der Waals surface area contributed by atoms with Crippen LogP contribution in [0.4, 0.5) is 0 Å². The molecular weight excluding hydrogens is 372 g/mol. The number of halogens is 1. The van der Waals surface area contributed by atoms with Gasteiger partial charge >= 0.3 is 0 Å². The maximum atomic E-state index is 4.94.